The number of fused-ring (bicyclic) bond motifs is 1. The minimum absolute atomic E-state index is 0.142. The predicted octanol–water partition coefficient (Wildman–Crippen LogP) is 3.49. The average molecular weight is 231 g/mol. The maximum absolute atomic E-state index is 11.5. The van der Waals surface area contributed by atoms with Gasteiger partial charge in [-0.05, 0) is 47.9 Å². The van der Waals surface area contributed by atoms with Gasteiger partial charge in [0.2, 0.25) is 5.91 Å². The van der Waals surface area contributed by atoms with Crippen molar-refractivity contribution in [2.45, 2.75) is 52.9 Å². The van der Waals surface area contributed by atoms with Crippen molar-refractivity contribution in [3.05, 3.63) is 28.3 Å². The fraction of sp³-hybridized carbons (Fsp3) is 0.533. The molecule has 0 saturated carbocycles. The zero-order valence-electron chi connectivity index (χ0n) is 11.4. The van der Waals surface area contributed by atoms with Crippen molar-refractivity contribution in [3.8, 4) is 0 Å². The van der Waals surface area contributed by atoms with Crippen LogP contribution >= 0.6 is 0 Å². The summed E-state index contributed by atoms with van der Waals surface area (Å²) in [5.74, 6) is 0.142. The van der Waals surface area contributed by atoms with Gasteiger partial charge >= 0.3 is 0 Å². The highest BCUT2D eigenvalue weighted by Gasteiger charge is 2.24. The number of carbonyl (C=O) groups excluding carboxylic acids is 1. The van der Waals surface area contributed by atoms with Crippen LogP contribution in [0.15, 0.2) is 6.07 Å². The predicted molar refractivity (Wildman–Crippen MR) is 71.6 cm³/mol. The van der Waals surface area contributed by atoms with Crippen molar-refractivity contribution in [3.63, 3.8) is 0 Å². The summed E-state index contributed by atoms with van der Waals surface area (Å²) in [4.78, 5) is 11.5. The highest BCUT2D eigenvalue weighted by Crippen LogP contribution is 2.35. The van der Waals surface area contributed by atoms with E-state index in [4.69, 9.17) is 0 Å². The van der Waals surface area contributed by atoms with E-state index in [2.05, 4.69) is 46.0 Å². The van der Waals surface area contributed by atoms with E-state index >= 15 is 0 Å². The quantitative estimate of drug-likeness (QED) is 0.727. The second-order valence-corrected chi connectivity index (χ2v) is 6.01. The lowest BCUT2D eigenvalue weighted by Gasteiger charge is -2.28. The summed E-state index contributed by atoms with van der Waals surface area (Å²) in [6.07, 6.45) is 1.48. The normalized spacial score (nSPS) is 15.5. The van der Waals surface area contributed by atoms with E-state index < -0.39 is 0 Å². The Morgan fingerprint density at radius 3 is 2.35 bits per heavy atom. The number of hydrogen-bond acceptors (Lipinski definition) is 1. The molecule has 1 aliphatic rings. The van der Waals surface area contributed by atoms with Crippen LogP contribution in [0.5, 0.6) is 0 Å². The molecule has 0 aliphatic carbocycles. The van der Waals surface area contributed by atoms with Crippen LogP contribution in [-0.2, 0) is 16.6 Å². The number of aryl methyl sites for hydroxylation is 1. The average Bonchev–Trinajstić information content (AvgIpc) is 2.22. The number of benzene rings is 1. The Labute approximate surface area is 103 Å². The van der Waals surface area contributed by atoms with Crippen molar-refractivity contribution < 1.29 is 4.79 Å². The van der Waals surface area contributed by atoms with Crippen LogP contribution in [0.2, 0.25) is 0 Å². The monoisotopic (exact) mass is 231 g/mol. The lowest BCUT2D eigenvalue weighted by Crippen LogP contribution is -2.23. The Morgan fingerprint density at radius 1 is 1.12 bits per heavy atom. The van der Waals surface area contributed by atoms with Gasteiger partial charge in [0.25, 0.3) is 0 Å². The molecule has 0 radical (unpaired) electrons. The fourth-order valence-electron chi connectivity index (χ4n) is 2.59. The van der Waals surface area contributed by atoms with E-state index in [-0.39, 0.29) is 11.3 Å². The molecular formula is C15H21NO. The third kappa shape index (κ3) is 2.08. The molecule has 1 amide bonds. The standard InChI is InChI=1S/C15H21NO/c1-9-10(2)14-11(6-7-13(17)16-14)8-12(9)15(3,4)5/h8H,6-7H2,1-5H3,(H,16,17). The largest absolute Gasteiger partial charge is 0.326 e. The first-order valence-electron chi connectivity index (χ1n) is 6.24. The number of nitrogens with one attached hydrogen (secondary N) is 1. The van der Waals surface area contributed by atoms with E-state index in [1.807, 2.05) is 0 Å². The van der Waals surface area contributed by atoms with E-state index in [1.54, 1.807) is 0 Å². The summed E-state index contributed by atoms with van der Waals surface area (Å²) in [6.45, 7) is 11.0. The summed E-state index contributed by atoms with van der Waals surface area (Å²) in [7, 11) is 0. The number of amides is 1. The molecule has 0 fully saturated rings. The van der Waals surface area contributed by atoms with Gasteiger partial charge in [-0.1, -0.05) is 26.8 Å². The second-order valence-electron chi connectivity index (χ2n) is 6.01. The number of hydrogen-bond donors (Lipinski definition) is 1. The number of anilines is 1. The summed E-state index contributed by atoms with van der Waals surface area (Å²) in [5, 5.41) is 3.01. The van der Waals surface area contributed by atoms with Crippen molar-refractivity contribution in [2.75, 3.05) is 5.32 Å². The topological polar surface area (TPSA) is 29.1 Å². The number of carbonyl (C=O) groups is 1. The maximum atomic E-state index is 11.5. The summed E-state index contributed by atoms with van der Waals surface area (Å²) in [6, 6.07) is 2.27. The first-order valence-corrected chi connectivity index (χ1v) is 6.24. The molecule has 0 atom stereocenters. The SMILES string of the molecule is Cc1c(C(C)(C)C)cc2c(c1C)NC(=O)CC2. The van der Waals surface area contributed by atoms with E-state index in [0.29, 0.717) is 6.42 Å². The highest BCUT2D eigenvalue weighted by molar-refractivity contribution is 5.95. The molecule has 2 rings (SSSR count). The Bertz CT molecular complexity index is 481. The molecule has 2 nitrogen and oxygen atoms in total. The zero-order chi connectivity index (χ0) is 12.8. The molecule has 17 heavy (non-hydrogen) atoms. The van der Waals surface area contributed by atoms with Gasteiger partial charge in [-0.25, -0.2) is 0 Å². The molecule has 0 saturated heterocycles. The minimum atomic E-state index is 0.142. The molecule has 1 aliphatic heterocycles. The lowest BCUT2D eigenvalue weighted by atomic mass is 9.80. The molecule has 0 aromatic heterocycles. The third-order valence-electron chi connectivity index (χ3n) is 3.68. The molecular weight excluding hydrogens is 210 g/mol. The molecule has 1 aromatic carbocycles. The second kappa shape index (κ2) is 3.86. The summed E-state index contributed by atoms with van der Waals surface area (Å²) in [5.41, 5.74) is 6.42. The number of rotatable bonds is 0. The van der Waals surface area contributed by atoms with Gasteiger partial charge in [-0.2, -0.15) is 0 Å². The Kier molecular flexibility index (Phi) is 2.76. The smallest absolute Gasteiger partial charge is 0.224 e. The lowest BCUT2D eigenvalue weighted by molar-refractivity contribution is -0.116. The van der Waals surface area contributed by atoms with Crippen LogP contribution in [0.1, 0.15) is 49.4 Å². The van der Waals surface area contributed by atoms with Crippen molar-refractivity contribution in [2.24, 2.45) is 0 Å². The molecule has 0 spiro atoms. The van der Waals surface area contributed by atoms with Crippen molar-refractivity contribution in [1.29, 1.82) is 0 Å². The van der Waals surface area contributed by atoms with E-state index in [1.165, 1.54) is 22.3 Å². The summed E-state index contributed by atoms with van der Waals surface area (Å²) < 4.78 is 0. The van der Waals surface area contributed by atoms with Gasteiger partial charge in [0.05, 0.1) is 0 Å². The van der Waals surface area contributed by atoms with Gasteiger partial charge < -0.3 is 5.32 Å². The molecule has 0 bridgehead atoms. The van der Waals surface area contributed by atoms with E-state index in [9.17, 15) is 4.79 Å². The molecule has 2 heteroatoms. The van der Waals surface area contributed by atoms with Crippen LogP contribution in [0.3, 0.4) is 0 Å². The van der Waals surface area contributed by atoms with Gasteiger partial charge in [0.15, 0.2) is 0 Å². The Morgan fingerprint density at radius 2 is 1.76 bits per heavy atom. The Balaban J connectivity index is 2.62. The third-order valence-corrected chi connectivity index (χ3v) is 3.68. The van der Waals surface area contributed by atoms with Crippen molar-refractivity contribution in [1.82, 2.24) is 0 Å². The van der Waals surface area contributed by atoms with Crippen LogP contribution in [0.25, 0.3) is 0 Å². The minimum Gasteiger partial charge on any atom is -0.326 e. The molecule has 1 N–H and O–H groups in total. The van der Waals surface area contributed by atoms with E-state index in [0.717, 1.165) is 12.1 Å². The maximum Gasteiger partial charge on any atom is 0.224 e. The Hall–Kier alpha value is -1.31. The summed E-state index contributed by atoms with van der Waals surface area (Å²) >= 11 is 0. The molecule has 92 valence electrons. The molecule has 1 aromatic rings. The van der Waals surface area contributed by atoms with Crippen LogP contribution in [0.4, 0.5) is 5.69 Å². The first-order chi connectivity index (χ1) is 7.80. The highest BCUT2D eigenvalue weighted by atomic mass is 16.1. The molecule has 1 heterocycles. The first kappa shape index (κ1) is 12.2. The van der Waals surface area contributed by atoms with Gasteiger partial charge in [-0.15, -0.1) is 0 Å². The van der Waals surface area contributed by atoms with Gasteiger partial charge in [0.1, 0.15) is 0 Å². The van der Waals surface area contributed by atoms with Crippen LogP contribution in [-0.4, -0.2) is 5.91 Å². The van der Waals surface area contributed by atoms with Crippen LogP contribution < -0.4 is 5.32 Å². The molecule has 0 unspecified atom stereocenters. The zero-order valence-corrected chi connectivity index (χ0v) is 11.4. The fourth-order valence-corrected chi connectivity index (χ4v) is 2.59. The van der Waals surface area contributed by atoms with Gasteiger partial charge in [0, 0.05) is 12.1 Å². The van der Waals surface area contributed by atoms with Crippen molar-refractivity contribution >= 4 is 11.6 Å². The van der Waals surface area contributed by atoms with Crippen LogP contribution in [0, 0.1) is 13.8 Å². The van der Waals surface area contributed by atoms with Gasteiger partial charge in [-0.3, -0.25) is 4.79 Å².